The van der Waals surface area contributed by atoms with Gasteiger partial charge in [-0.05, 0) is 54.6 Å². The molecule has 0 aromatic heterocycles. The number of nitrogens with zero attached hydrogens (tertiary/aromatic N) is 1. The van der Waals surface area contributed by atoms with E-state index in [1.807, 2.05) is 19.1 Å². The third-order valence-electron chi connectivity index (χ3n) is 3.71. The van der Waals surface area contributed by atoms with E-state index in [2.05, 4.69) is 15.9 Å². The molecule has 2 rings (SSSR count). The SMILES string of the molecule is CCN(CC(=O)O)Cc1cc(C(=O)c2ccc(Br)cc2)ccc1N. The lowest BCUT2D eigenvalue weighted by atomic mass is 10.00. The van der Waals surface area contributed by atoms with Crippen molar-refractivity contribution >= 4 is 33.4 Å². The van der Waals surface area contributed by atoms with E-state index < -0.39 is 5.97 Å². The second-order valence-electron chi connectivity index (χ2n) is 5.45. The lowest BCUT2D eigenvalue weighted by molar-refractivity contribution is -0.138. The molecule has 3 N–H and O–H groups in total. The van der Waals surface area contributed by atoms with Crippen LogP contribution < -0.4 is 5.73 Å². The van der Waals surface area contributed by atoms with E-state index >= 15 is 0 Å². The van der Waals surface area contributed by atoms with E-state index in [4.69, 9.17) is 10.8 Å². The average molecular weight is 391 g/mol. The van der Waals surface area contributed by atoms with Crippen LogP contribution in [0.3, 0.4) is 0 Å². The zero-order chi connectivity index (χ0) is 17.7. The maximum absolute atomic E-state index is 12.6. The number of carbonyl (C=O) groups is 2. The average Bonchev–Trinajstić information content (AvgIpc) is 2.55. The molecule has 5 nitrogen and oxygen atoms in total. The minimum Gasteiger partial charge on any atom is -0.480 e. The number of ketones is 1. The van der Waals surface area contributed by atoms with Gasteiger partial charge in [-0.1, -0.05) is 22.9 Å². The smallest absolute Gasteiger partial charge is 0.317 e. The number of likely N-dealkylation sites (N-methyl/N-ethyl adjacent to an activating group) is 1. The summed E-state index contributed by atoms with van der Waals surface area (Å²) in [4.78, 5) is 25.2. The van der Waals surface area contributed by atoms with E-state index in [-0.39, 0.29) is 12.3 Å². The van der Waals surface area contributed by atoms with Crippen molar-refractivity contribution in [1.29, 1.82) is 0 Å². The van der Waals surface area contributed by atoms with E-state index in [0.717, 1.165) is 10.0 Å². The molecule has 0 fully saturated rings. The van der Waals surface area contributed by atoms with Crippen molar-refractivity contribution < 1.29 is 14.7 Å². The normalized spacial score (nSPS) is 10.8. The van der Waals surface area contributed by atoms with E-state index in [1.165, 1.54) is 0 Å². The van der Waals surface area contributed by atoms with Gasteiger partial charge in [0, 0.05) is 27.8 Å². The molecule has 2 aromatic carbocycles. The van der Waals surface area contributed by atoms with Gasteiger partial charge in [-0.15, -0.1) is 0 Å². The molecular formula is C18H19BrN2O3. The number of benzene rings is 2. The van der Waals surface area contributed by atoms with Crippen molar-refractivity contribution in [3.05, 3.63) is 63.6 Å². The lowest BCUT2D eigenvalue weighted by Crippen LogP contribution is -2.29. The molecule has 0 saturated heterocycles. The molecule has 126 valence electrons. The Morgan fingerprint density at radius 3 is 2.33 bits per heavy atom. The summed E-state index contributed by atoms with van der Waals surface area (Å²) in [5.74, 6) is -0.984. The Bertz CT molecular complexity index is 744. The predicted octanol–water partition coefficient (Wildman–Crippen LogP) is 3.17. The highest BCUT2D eigenvalue weighted by Crippen LogP contribution is 2.20. The number of hydrogen-bond acceptors (Lipinski definition) is 4. The van der Waals surface area contributed by atoms with Crippen LogP contribution in [0.1, 0.15) is 28.4 Å². The zero-order valence-corrected chi connectivity index (χ0v) is 14.9. The highest BCUT2D eigenvalue weighted by Gasteiger charge is 2.14. The van der Waals surface area contributed by atoms with Crippen LogP contribution in [0, 0.1) is 0 Å². The second kappa shape index (κ2) is 8.08. The van der Waals surface area contributed by atoms with E-state index in [1.54, 1.807) is 35.2 Å². The summed E-state index contributed by atoms with van der Waals surface area (Å²) >= 11 is 3.35. The molecule has 0 aliphatic heterocycles. The molecule has 0 saturated carbocycles. The highest BCUT2D eigenvalue weighted by atomic mass is 79.9. The van der Waals surface area contributed by atoms with E-state index in [0.29, 0.717) is 29.9 Å². The molecule has 0 unspecified atom stereocenters. The first-order valence-corrected chi connectivity index (χ1v) is 8.32. The molecule has 0 spiro atoms. The fraction of sp³-hybridized carbons (Fsp3) is 0.222. The maximum Gasteiger partial charge on any atom is 0.317 e. The van der Waals surface area contributed by atoms with Crippen molar-refractivity contribution in [1.82, 2.24) is 4.90 Å². The molecule has 0 aliphatic carbocycles. The molecule has 2 aromatic rings. The van der Waals surface area contributed by atoms with E-state index in [9.17, 15) is 9.59 Å². The van der Waals surface area contributed by atoms with Crippen LogP contribution in [0.15, 0.2) is 46.9 Å². The fourth-order valence-corrected chi connectivity index (χ4v) is 2.63. The summed E-state index contributed by atoms with van der Waals surface area (Å²) in [6, 6.07) is 12.3. The zero-order valence-electron chi connectivity index (χ0n) is 13.3. The summed E-state index contributed by atoms with van der Waals surface area (Å²) in [7, 11) is 0. The highest BCUT2D eigenvalue weighted by molar-refractivity contribution is 9.10. The number of nitrogen functional groups attached to an aromatic ring is 1. The Kier molecular flexibility index (Phi) is 6.11. The van der Waals surface area contributed by atoms with Gasteiger partial charge in [-0.2, -0.15) is 0 Å². The van der Waals surface area contributed by atoms with Crippen molar-refractivity contribution in [2.24, 2.45) is 0 Å². The van der Waals surface area contributed by atoms with Gasteiger partial charge in [0.2, 0.25) is 0 Å². The molecule has 24 heavy (non-hydrogen) atoms. The monoisotopic (exact) mass is 390 g/mol. The van der Waals surface area contributed by atoms with Crippen molar-refractivity contribution in [3.63, 3.8) is 0 Å². The number of rotatable bonds is 7. The molecule has 6 heteroatoms. The molecule has 0 atom stereocenters. The summed E-state index contributed by atoms with van der Waals surface area (Å²) in [5, 5.41) is 8.95. The molecule has 0 heterocycles. The number of halogens is 1. The van der Waals surface area contributed by atoms with Crippen molar-refractivity contribution in [2.45, 2.75) is 13.5 Å². The third kappa shape index (κ3) is 4.66. The first kappa shape index (κ1) is 18.2. The first-order valence-electron chi connectivity index (χ1n) is 7.53. The quantitative estimate of drug-likeness (QED) is 0.560. The molecule has 0 amide bonds. The minimum atomic E-state index is -0.891. The minimum absolute atomic E-state index is 0.0686. The third-order valence-corrected chi connectivity index (χ3v) is 4.24. The van der Waals surface area contributed by atoms with Gasteiger partial charge in [-0.25, -0.2) is 0 Å². The number of carboxylic acid groups (broad SMARTS) is 1. The van der Waals surface area contributed by atoms with Crippen LogP contribution in [0.4, 0.5) is 5.69 Å². The second-order valence-corrected chi connectivity index (χ2v) is 6.36. The number of carbonyl (C=O) groups excluding carboxylic acids is 1. The number of nitrogens with two attached hydrogens (primary N) is 1. The van der Waals surface area contributed by atoms with Crippen LogP contribution in [-0.2, 0) is 11.3 Å². The Hall–Kier alpha value is -2.18. The molecule has 0 aliphatic rings. The summed E-state index contributed by atoms with van der Waals surface area (Å²) in [6.07, 6.45) is 0. The first-order chi connectivity index (χ1) is 11.4. The van der Waals surface area contributed by atoms with Crippen LogP contribution in [0.25, 0.3) is 0 Å². The topological polar surface area (TPSA) is 83.6 Å². The summed E-state index contributed by atoms with van der Waals surface area (Å²) in [5.41, 5.74) is 8.41. The van der Waals surface area contributed by atoms with Gasteiger partial charge in [-0.3, -0.25) is 14.5 Å². The van der Waals surface area contributed by atoms with Crippen molar-refractivity contribution in [2.75, 3.05) is 18.8 Å². The van der Waals surface area contributed by atoms with Gasteiger partial charge in [0.05, 0.1) is 6.54 Å². The Labute approximate surface area is 149 Å². The molecular weight excluding hydrogens is 372 g/mol. The molecule has 0 radical (unpaired) electrons. The van der Waals surface area contributed by atoms with Crippen LogP contribution in [0.5, 0.6) is 0 Å². The van der Waals surface area contributed by atoms with Crippen LogP contribution in [0.2, 0.25) is 0 Å². The van der Waals surface area contributed by atoms with Gasteiger partial charge < -0.3 is 10.8 Å². The fourth-order valence-electron chi connectivity index (χ4n) is 2.36. The van der Waals surface area contributed by atoms with Gasteiger partial charge >= 0.3 is 5.97 Å². The van der Waals surface area contributed by atoms with Crippen molar-refractivity contribution in [3.8, 4) is 0 Å². The van der Waals surface area contributed by atoms with Gasteiger partial charge in [0.25, 0.3) is 0 Å². The Morgan fingerprint density at radius 1 is 1.12 bits per heavy atom. The summed E-state index contributed by atoms with van der Waals surface area (Å²) < 4.78 is 0.907. The Morgan fingerprint density at radius 2 is 1.75 bits per heavy atom. The standard InChI is InChI=1S/C18H19BrN2O3/c1-2-21(11-17(22)23)10-14-9-13(5-8-16(14)20)18(24)12-3-6-15(19)7-4-12/h3-9H,2,10-11,20H2,1H3,(H,22,23). The maximum atomic E-state index is 12.6. The number of aliphatic carboxylic acids is 1. The number of hydrogen-bond donors (Lipinski definition) is 2. The van der Waals surface area contributed by atoms with Gasteiger partial charge in [0.15, 0.2) is 5.78 Å². The predicted molar refractivity (Wildman–Crippen MR) is 97.0 cm³/mol. The summed E-state index contributed by atoms with van der Waals surface area (Å²) in [6.45, 7) is 2.78. The van der Waals surface area contributed by atoms with Crippen LogP contribution >= 0.6 is 15.9 Å². The van der Waals surface area contributed by atoms with Gasteiger partial charge in [0.1, 0.15) is 0 Å². The van der Waals surface area contributed by atoms with Crippen LogP contribution in [-0.4, -0.2) is 34.8 Å². The Balaban J connectivity index is 2.25. The molecule has 0 bridgehead atoms. The number of carboxylic acids is 1. The number of anilines is 1. The largest absolute Gasteiger partial charge is 0.480 e. The lowest BCUT2D eigenvalue weighted by Gasteiger charge is -2.19.